The van der Waals surface area contributed by atoms with Gasteiger partial charge in [-0.15, -0.1) is 0 Å². The minimum atomic E-state index is 0.852. The van der Waals surface area contributed by atoms with Crippen molar-refractivity contribution in [2.75, 3.05) is 4.90 Å². The maximum absolute atomic E-state index is 6.39. The van der Waals surface area contributed by atoms with E-state index in [1.165, 1.54) is 66.8 Å². The zero-order valence-corrected chi connectivity index (χ0v) is 26.3. The van der Waals surface area contributed by atoms with E-state index in [-0.39, 0.29) is 0 Å². The third kappa shape index (κ3) is 4.77. The van der Waals surface area contributed by atoms with Crippen molar-refractivity contribution in [3.8, 4) is 44.9 Å². The summed E-state index contributed by atoms with van der Waals surface area (Å²) >= 11 is 0. The molecule has 0 bridgehead atoms. The molecule has 0 radical (unpaired) electrons. The van der Waals surface area contributed by atoms with Crippen LogP contribution >= 0.6 is 0 Å². The van der Waals surface area contributed by atoms with Crippen molar-refractivity contribution >= 4 is 17.1 Å². The number of ether oxygens (including phenoxy) is 1. The summed E-state index contributed by atoms with van der Waals surface area (Å²) < 4.78 is 6.39. The highest BCUT2D eigenvalue weighted by Crippen LogP contribution is 2.53. The van der Waals surface area contributed by atoms with Crippen LogP contribution in [0.3, 0.4) is 0 Å². The predicted octanol–water partition coefficient (Wildman–Crippen LogP) is 12.1. The van der Waals surface area contributed by atoms with Crippen LogP contribution in [0.2, 0.25) is 0 Å². The summed E-state index contributed by atoms with van der Waals surface area (Å²) in [6.45, 7) is 13.2. The average Bonchev–Trinajstić information content (AvgIpc) is 3.03. The van der Waals surface area contributed by atoms with Crippen LogP contribution in [0.5, 0.6) is 11.5 Å². The second kappa shape index (κ2) is 10.9. The molecule has 0 amide bonds. The number of para-hydroxylation sites is 4. The van der Waals surface area contributed by atoms with Gasteiger partial charge < -0.3 is 9.64 Å². The lowest BCUT2D eigenvalue weighted by atomic mass is 9.84. The lowest BCUT2D eigenvalue weighted by Gasteiger charge is -2.34. The largest absolute Gasteiger partial charge is 0.453 e. The first-order valence-corrected chi connectivity index (χ1v) is 15.4. The number of nitrogens with zero attached hydrogens (tertiary/aromatic N) is 1. The van der Waals surface area contributed by atoms with Crippen LogP contribution in [0, 0.1) is 41.5 Å². The number of rotatable bonds is 4. The second-order valence-electron chi connectivity index (χ2n) is 12.2. The van der Waals surface area contributed by atoms with Crippen molar-refractivity contribution < 1.29 is 4.74 Å². The standard InChI is InChI=1S/C42H37NO/c1-26-15-18-32(21-29(26)4)36-24-35(43-38-11-7-9-13-40(38)44-41-14-10-8-12-39(41)43)25-37(33-19-16-27(2)30(5)22-33)42(36)34-20-17-28(3)31(6)23-34/h7-25H,1-6H3. The molecule has 6 aromatic carbocycles. The fraction of sp³-hybridized carbons (Fsp3) is 0.143. The quantitative estimate of drug-likeness (QED) is 0.208. The van der Waals surface area contributed by atoms with Crippen LogP contribution in [0.4, 0.5) is 17.1 Å². The van der Waals surface area contributed by atoms with E-state index in [9.17, 15) is 0 Å². The van der Waals surface area contributed by atoms with Gasteiger partial charge in [0.15, 0.2) is 11.5 Å². The molecule has 0 saturated heterocycles. The molecular weight excluding hydrogens is 534 g/mol. The second-order valence-corrected chi connectivity index (χ2v) is 12.2. The summed E-state index contributed by atoms with van der Waals surface area (Å²) in [7, 11) is 0. The van der Waals surface area contributed by atoms with Crippen molar-refractivity contribution in [1.29, 1.82) is 0 Å². The van der Waals surface area contributed by atoms with Crippen molar-refractivity contribution in [2.45, 2.75) is 41.5 Å². The molecule has 0 atom stereocenters. The van der Waals surface area contributed by atoms with E-state index in [2.05, 4.69) is 150 Å². The molecule has 6 aromatic rings. The van der Waals surface area contributed by atoms with E-state index in [0.29, 0.717) is 0 Å². The van der Waals surface area contributed by atoms with Gasteiger partial charge in [-0.2, -0.15) is 0 Å². The van der Waals surface area contributed by atoms with Crippen molar-refractivity contribution in [1.82, 2.24) is 0 Å². The van der Waals surface area contributed by atoms with Crippen molar-refractivity contribution in [3.05, 3.63) is 149 Å². The van der Waals surface area contributed by atoms with Gasteiger partial charge in [0, 0.05) is 5.69 Å². The van der Waals surface area contributed by atoms with Gasteiger partial charge in [-0.1, -0.05) is 78.9 Å². The third-order valence-corrected chi connectivity index (χ3v) is 9.24. The van der Waals surface area contributed by atoms with E-state index in [0.717, 1.165) is 28.6 Å². The van der Waals surface area contributed by atoms with Crippen LogP contribution in [-0.2, 0) is 0 Å². The molecule has 2 nitrogen and oxygen atoms in total. The highest BCUT2D eigenvalue weighted by molar-refractivity contribution is 5.99. The summed E-state index contributed by atoms with van der Waals surface area (Å²) in [5.41, 5.74) is 18.2. The Bertz CT molecular complexity index is 1950. The Labute approximate surface area is 261 Å². The molecule has 2 heteroatoms. The van der Waals surface area contributed by atoms with E-state index >= 15 is 0 Å². The molecule has 0 fully saturated rings. The highest BCUT2D eigenvalue weighted by atomic mass is 16.5. The fourth-order valence-corrected chi connectivity index (χ4v) is 6.22. The summed E-state index contributed by atoms with van der Waals surface area (Å²) in [6.07, 6.45) is 0. The van der Waals surface area contributed by atoms with Gasteiger partial charge in [-0.05, 0) is 145 Å². The van der Waals surface area contributed by atoms with Gasteiger partial charge >= 0.3 is 0 Å². The lowest BCUT2D eigenvalue weighted by Crippen LogP contribution is -2.16. The Morgan fingerprint density at radius 3 is 1.27 bits per heavy atom. The van der Waals surface area contributed by atoms with Gasteiger partial charge in [0.25, 0.3) is 0 Å². The molecule has 7 rings (SSSR count). The molecule has 0 spiro atoms. The maximum Gasteiger partial charge on any atom is 0.151 e. The zero-order valence-electron chi connectivity index (χ0n) is 26.3. The van der Waals surface area contributed by atoms with Gasteiger partial charge in [0.1, 0.15) is 0 Å². The molecule has 0 N–H and O–H groups in total. The molecule has 0 saturated carbocycles. The lowest BCUT2D eigenvalue weighted by molar-refractivity contribution is 0.477. The SMILES string of the molecule is Cc1ccc(-c2cc(N3c4ccccc4Oc4ccccc43)cc(-c3ccc(C)c(C)c3)c2-c2ccc(C)c(C)c2)cc1C. The summed E-state index contributed by atoms with van der Waals surface area (Å²) in [5, 5.41) is 0. The van der Waals surface area contributed by atoms with E-state index in [1.807, 2.05) is 12.1 Å². The normalized spacial score (nSPS) is 12.0. The number of benzene rings is 6. The molecule has 0 aliphatic carbocycles. The monoisotopic (exact) mass is 571 g/mol. The number of hydrogen-bond donors (Lipinski definition) is 0. The fourth-order valence-electron chi connectivity index (χ4n) is 6.22. The van der Waals surface area contributed by atoms with E-state index < -0.39 is 0 Å². The first-order chi connectivity index (χ1) is 21.3. The van der Waals surface area contributed by atoms with Gasteiger partial charge in [0.2, 0.25) is 0 Å². The molecule has 0 aromatic heterocycles. The Morgan fingerprint density at radius 2 is 0.818 bits per heavy atom. The van der Waals surface area contributed by atoms with Crippen molar-refractivity contribution in [2.24, 2.45) is 0 Å². The first kappa shape index (κ1) is 27.7. The van der Waals surface area contributed by atoms with Gasteiger partial charge in [-0.3, -0.25) is 0 Å². The number of fused-ring (bicyclic) bond motifs is 2. The topological polar surface area (TPSA) is 12.5 Å². The van der Waals surface area contributed by atoms with E-state index in [1.54, 1.807) is 0 Å². The third-order valence-electron chi connectivity index (χ3n) is 9.24. The first-order valence-electron chi connectivity index (χ1n) is 15.4. The molecule has 1 heterocycles. The Kier molecular flexibility index (Phi) is 6.86. The Hall–Kier alpha value is -5.08. The Balaban J connectivity index is 1.61. The number of hydrogen-bond acceptors (Lipinski definition) is 2. The average molecular weight is 572 g/mol. The summed E-state index contributed by atoms with van der Waals surface area (Å²) in [5.74, 6) is 1.70. The molecule has 1 aliphatic heterocycles. The number of aryl methyl sites for hydroxylation is 6. The maximum atomic E-state index is 6.39. The van der Waals surface area contributed by atoms with Crippen LogP contribution in [-0.4, -0.2) is 0 Å². The van der Waals surface area contributed by atoms with E-state index in [4.69, 9.17) is 4.74 Å². The minimum Gasteiger partial charge on any atom is -0.453 e. The smallest absolute Gasteiger partial charge is 0.151 e. The summed E-state index contributed by atoms with van der Waals surface area (Å²) in [6, 6.07) is 42.0. The van der Waals surface area contributed by atoms with Crippen molar-refractivity contribution in [3.63, 3.8) is 0 Å². The molecule has 0 unspecified atom stereocenters. The molecule has 1 aliphatic rings. The van der Waals surface area contributed by atoms with Gasteiger partial charge in [0.05, 0.1) is 11.4 Å². The molecule has 44 heavy (non-hydrogen) atoms. The predicted molar refractivity (Wildman–Crippen MR) is 186 cm³/mol. The summed E-state index contributed by atoms with van der Waals surface area (Å²) in [4.78, 5) is 2.35. The number of anilines is 3. The highest BCUT2D eigenvalue weighted by Gasteiger charge is 2.27. The molecule has 216 valence electrons. The minimum absolute atomic E-state index is 0.852. The van der Waals surface area contributed by atoms with Crippen LogP contribution < -0.4 is 9.64 Å². The van der Waals surface area contributed by atoms with Crippen LogP contribution in [0.1, 0.15) is 33.4 Å². The van der Waals surface area contributed by atoms with Gasteiger partial charge in [-0.25, -0.2) is 0 Å². The Morgan fingerprint density at radius 1 is 0.409 bits per heavy atom. The van der Waals surface area contributed by atoms with Crippen LogP contribution in [0.25, 0.3) is 33.4 Å². The molecular formula is C42H37NO. The van der Waals surface area contributed by atoms with Crippen LogP contribution in [0.15, 0.2) is 115 Å². The zero-order chi connectivity index (χ0) is 30.5.